The highest BCUT2D eigenvalue weighted by Crippen LogP contribution is 2.23. The van der Waals surface area contributed by atoms with E-state index < -0.39 is 5.97 Å². The maximum atomic E-state index is 13.3. The largest absolute Gasteiger partial charge is 0.467 e. The van der Waals surface area contributed by atoms with E-state index in [2.05, 4.69) is 15.0 Å². The van der Waals surface area contributed by atoms with Crippen LogP contribution in [-0.4, -0.2) is 32.6 Å². The van der Waals surface area contributed by atoms with Gasteiger partial charge < -0.3 is 14.1 Å². The zero-order chi connectivity index (χ0) is 22.9. The summed E-state index contributed by atoms with van der Waals surface area (Å²) >= 11 is 2.59. The molecule has 1 aromatic carbocycles. The number of furan rings is 1. The summed E-state index contributed by atoms with van der Waals surface area (Å²) in [6.07, 6.45) is 1.54. The molecule has 4 heterocycles. The molecule has 0 fully saturated rings. The minimum Gasteiger partial charge on any atom is -0.467 e. The molecule has 5 rings (SSSR count). The Labute approximate surface area is 194 Å². The molecule has 1 N–H and O–H groups in total. The monoisotopic (exact) mass is 480 g/mol. The van der Waals surface area contributed by atoms with Gasteiger partial charge in [0.25, 0.3) is 11.1 Å². The summed E-state index contributed by atoms with van der Waals surface area (Å²) in [7, 11) is 1.29. The number of thioether (sulfide) groups is 1. The lowest BCUT2D eigenvalue weighted by Crippen LogP contribution is -2.24. The van der Waals surface area contributed by atoms with Crippen LogP contribution in [0.25, 0.3) is 21.1 Å². The van der Waals surface area contributed by atoms with Crippen molar-refractivity contribution >= 4 is 50.2 Å². The highest BCUT2D eigenvalue weighted by molar-refractivity contribution is 7.98. The maximum Gasteiger partial charge on any atom is 0.337 e. The Hall–Kier alpha value is -3.70. The second-order valence-electron chi connectivity index (χ2n) is 7.02. The third-order valence-corrected chi connectivity index (χ3v) is 6.83. The molecule has 4 aromatic heterocycles. The Bertz CT molecular complexity index is 1600. The standard InChI is InChI=1S/C22H16N4O5S2/c1-30-21(29)12-4-5-14-16(9-12)24-22(26(20(14)28)10-13-3-2-7-31-13)33-11-17-23-15-6-8-32-18(15)19(27)25-17/h2-9H,10-11H2,1H3,(H,23,25,27). The van der Waals surface area contributed by atoms with Gasteiger partial charge in [0, 0.05) is 0 Å². The molecule has 0 spiro atoms. The molecule has 0 unspecified atom stereocenters. The predicted octanol–water partition coefficient (Wildman–Crippen LogP) is 3.41. The van der Waals surface area contributed by atoms with E-state index in [1.54, 1.807) is 24.3 Å². The number of carbonyl (C=O) groups is 1. The summed E-state index contributed by atoms with van der Waals surface area (Å²) in [5.74, 6) is 0.836. The highest BCUT2D eigenvalue weighted by Gasteiger charge is 2.16. The van der Waals surface area contributed by atoms with Crippen molar-refractivity contribution in [2.75, 3.05) is 7.11 Å². The van der Waals surface area contributed by atoms with Crippen LogP contribution < -0.4 is 11.1 Å². The number of hydrogen-bond acceptors (Lipinski definition) is 9. The quantitative estimate of drug-likeness (QED) is 0.223. The number of rotatable bonds is 6. The molecule has 11 heteroatoms. The van der Waals surface area contributed by atoms with Crippen LogP contribution in [0.1, 0.15) is 21.9 Å². The zero-order valence-electron chi connectivity index (χ0n) is 17.2. The van der Waals surface area contributed by atoms with Crippen LogP contribution in [0.4, 0.5) is 0 Å². The SMILES string of the molecule is COC(=O)c1ccc2c(=O)n(Cc3ccco3)c(SCc3nc4ccsc4c(=O)[nH]3)nc2c1. The molecule has 166 valence electrons. The van der Waals surface area contributed by atoms with Crippen LogP contribution in [0.2, 0.25) is 0 Å². The smallest absolute Gasteiger partial charge is 0.337 e. The molecule has 9 nitrogen and oxygen atoms in total. The lowest BCUT2D eigenvalue weighted by Gasteiger charge is -2.12. The Morgan fingerprint density at radius 1 is 1.21 bits per heavy atom. The van der Waals surface area contributed by atoms with E-state index in [9.17, 15) is 14.4 Å². The summed E-state index contributed by atoms with van der Waals surface area (Å²) < 4.78 is 12.3. The number of fused-ring (bicyclic) bond motifs is 2. The summed E-state index contributed by atoms with van der Waals surface area (Å²) in [6.45, 7) is 0.184. The lowest BCUT2D eigenvalue weighted by atomic mass is 10.1. The summed E-state index contributed by atoms with van der Waals surface area (Å²) in [4.78, 5) is 49.5. The van der Waals surface area contributed by atoms with Crippen molar-refractivity contribution in [3.05, 3.63) is 85.9 Å². The second-order valence-corrected chi connectivity index (χ2v) is 8.88. The topological polar surface area (TPSA) is 120 Å². The average Bonchev–Trinajstić information content (AvgIpc) is 3.51. The first kappa shape index (κ1) is 21.2. The second kappa shape index (κ2) is 8.68. The van der Waals surface area contributed by atoms with E-state index in [1.165, 1.54) is 53.2 Å². The van der Waals surface area contributed by atoms with Crippen LogP contribution in [0.3, 0.4) is 0 Å². The molecule has 0 radical (unpaired) electrons. The molecule has 0 amide bonds. The van der Waals surface area contributed by atoms with Crippen molar-refractivity contribution in [3.8, 4) is 0 Å². The van der Waals surface area contributed by atoms with Gasteiger partial charge in [-0.25, -0.2) is 14.8 Å². The van der Waals surface area contributed by atoms with Gasteiger partial charge in [0.15, 0.2) is 5.16 Å². The van der Waals surface area contributed by atoms with Gasteiger partial charge in [-0.15, -0.1) is 11.3 Å². The number of thiophene rings is 1. The van der Waals surface area contributed by atoms with Crippen LogP contribution >= 0.6 is 23.1 Å². The van der Waals surface area contributed by atoms with Crippen LogP contribution in [0, 0.1) is 0 Å². The fraction of sp³-hybridized carbons (Fsp3) is 0.136. The van der Waals surface area contributed by atoms with Gasteiger partial charge in [0.2, 0.25) is 0 Å². The molecule has 0 saturated heterocycles. The van der Waals surface area contributed by atoms with Gasteiger partial charge in [-0.3, -0.25) is 14.2 Å². The van der Waals surface area contributed by atoms with Gasteiger partial charge >= 0.3 is 5.97 Å². The van der Waals surface area contributed by atoms with Gasteiger partial charge in [-0.1, -0.05) is 11.8 Å². The molecule has 33 heavy (non-hydrogen) atoms. The first-order valence-electron chi connectivity index (χ1n) is 9.78. The molecule has 0 bridgehead atoms. The number of methoxy groups -OCH3 is 1. The van der Waals surface area contributed by atoms with Gasteiger partial charge in [0.05, 0.1) is 47.7 Å². The van der Waals surface area contributed by atoms with E-state index in [0.717, 1.165) is 0 Å². The number of carbonyl (C=O) groups excluding carboxylic acids is 1. The van der Waals surface area contributed by atoms with E-state index in [1.807, 2.05) is 5.38 Å². The van der Waals surface area contributed by atoms with Crippen molar-refractivity contribution in [1.82, 2.24) is 19.5 Å². The van der Waals surface area contributed by atoms with E-state index in [-0.39, 0.29) is 23.4 Å². The molecule has 0 aliphatic rings. The number of H-pyrrole nitrogens is 1. The fourth-order valence-electron chi connectivity index (χ4n) is 3.38. The highest BCUT2D eigenvalue weighted by atomic mass is 32.2. The van der Waals surface area contributed by atoms with E-state index >= 15 is 0 Å². The number of aromatic nitrogens is 4. The van der Waals surface area contributed by atoms with E-state index in [0.29, 0.717) is 43.4 Å². The zero-order valence-corrected chi connectivity index (χ0v) is 18.9. The summed E-state index contributed by atoms with van der Waals surface area (Å²) in [5, 5.41) is 2.58. The minimum atomic E-state index is -0.515. The number of nitrogens with one attached hydrogen (secondary N) is 1. The molecule has 0 aliphatic carbocycles. The molecular formula is C22H16N4O5S2. The molecule has 0 atom stereocenters. The number of aromatic amines is 1. The maximum absolute atomic E-state index is 13.3. The number of esters is 1. The van der Waals surface area contributed by atoms with Crippen molar-refractivity contribution in [3.63, 3.8) is 0 Å². The Morgan fingerprint density at radius 2 is 2.09 bits per heavy atom. The first-order chi connectivity index (χ1) is 16.0. The van der Waals surface area contributed by atoms with E-state index in [4.69, 9.17) is 9.15 Å². The molecular weight excluding hydrogens is 464 g/mol. The number of ether oxygens (including phenoxy) is 1. The summed E-state index contributed by atoms with van der Waals surface area (Å²) in [5.41, 5.74) is 0.820. The molecule has 0 aliphatic heterocycles. The van der Waals surface area contributed by atoms with Crippen LogP contribution in [0.15, 0.2) is 67.2 Å². The minimum absolute atomic E-state index is 0.184. The fourth-order valence-corrected chi connectivity index (χ4v) is 4.97. The number of nitrogens with zero attached hydrogens (tertiary/aromatic N) is 3. The van der Waals surface area contributed by atoms with Crippen molar-refractivity contribution < 1.29 is 13.9 Å². The lowest BCUT2D eigenvalue weighted by molar-refractivity contribution is 0.0601. The van der Waals surface area contributed by atoms with Crippen LogP contribution in [0.5, 0.6) is 0 Å². The number of benzene rings is 1. The van der Waals surface area contributed by atoms with Crippen molar-refractivity contribution in [2.45, 2.75) is 17.5 Å². The summed E-state index contributed by atoms with van der Waals surface area (Å²) in [6, 6.07) is 9.93. The first-order valence-corrected chi connectivity index (χ1v) is 11.6. The normalized spacial score (nSPS) is 11.3. The van der Waals surface area contributed by atoms with Crippen molar-refractivity contribution in [1.29, 1.82) is 0 Å². The molecule has 0 saturated carbocycles. The average molecular weight is 481 g/mol. The Balaban J connectivity index is 1.58. The van der Waals surface area contributed by atoms with Crippen LogP contribution in [-0.2, 0) is 17.0 Å². The molecule has 5 aromatic rings. The van der Waals surface area contributed by atoms with Gasteiger partial charge in [-0.05, 0) is 41.8 Å². The Morgan fingerprint density at radius 3 is 2.88 bits per heavy atom. The predicted molar refractivity (Wildman–Crippen MR) is 125 cm³/mol. The third kappa shape index (κ3) is 4.08. The van der Waals surface area contributed by atoms with Gasteiger partial charge in [0.1, 0.15) is 16.3 Å². The Kier molecular flexibility index (Phi) is 5.56. The van der Waals surface area contributed by atoms with Gasteiger partial charge in [-0.2, -0.15) is 0 Å². The third-order valence-electron chi connectivity index (χ3n) is 4.94. The number of hydrogen-bond donors (Lipinski definition) is 1. The van der Waals surface area contributed by atoms with Crippen molar-refractivity contribution in [2.24, 2.45) is 0 Å².